The standard InChI is InChI=1S/C18H16F3NO4S/c1-11-6-8-15(9-7-11)27(25,26)22-16(12(2)17(23)24)13-4-3-5-14(10-13)18(19,20)21/h3-10,16,22H,2H2,1H3,(H,23,24). The van der Waals surface area contributed by atoms with Crippen molar-refractivity contribution in [1.29, 1.82) is 0 Å². The summed E-state index contributed by atoms with van der Waals surface area (Å²) >= 11 is 0. The number of hydrogen-bond donors (Lipinski definition) is 2. The Morgan fingerprint density at radius 2 is 1.74 bits per heavy atom. The number of aryl methyl sites for hydroxylation is 1. The van der Waals surface area contributed by atoms with Gasteiger partial charge in [0.25, 0.3) is 0 Å². The van der Waals surface area contributed by atoms with Gasteiger partial charge in [0.2, 0.25) is 10.0 Å². The Bertz CT molecular complexity index is 967. The van der Waals surface area contributed by atoms with Gasteiger partial charge in [-0.2, -0.15) is 17.9 Å². The fourth-order valence-electron chi connectivity index (χ4n) is 2.30. The van der Waals surface area contributed by atoms with Crippen molar-refractivity contribution in [2.45, 2.75) is 24.0 Å². The summed E-state index contributed by atoms with van der Waals surface area (Å²) in [5.41, 5.74) is -1.02. The Morgan fingerprint density at radius 1 is 1.15 bits per heavy atom. The zero-order valence-corrected chi connectivity index (χ0v) is 14.9. The highest BCUT2D eigenvalue weighted by Crippen LogP contribution is 2.32. The van der Waals surface area contributed by atoms with Gasteiger partial charge < -0.3 is 5.11 Å². The smallest absolute Gasteiger partial charge is 0.416 e. The predicted molar refractivity (Wildman–Crippen MR) is 92.5 cm³/mol. The minimum Gasteiger partial charge on any atom is -0.478 e. The summed E-state index contributed by atoms with van der Waals surface area (Å²) in [6, 6.07) is 7.89. The van der Waals surface area contributed by atoms with Crippen molar-refractivity contribution in [2.75, 3.05) is 0 Å². The summed E-state index contributed by atoms with van der Waals surface area (Å²) in [5, 5.41) is 9.19. The SMILES string of the molecule is C=C(C(=O)O)C(NS(=O)(=O)c1ccc(C)cc1)c1cccc(C(F)(F)F)c1. The van der Waals surface area contributed by atoms with Gasteiger partial charge in [-0.15, -0.1) is 0 Å². The fraction of sp³-hybridized carbons (Fsp3) is 0.167. The number of carboxylic acids is 1. The van der Waals surface area contributed by atoms with Crippen molar-refractivity contribution >= 4 is 16.0 Å². The Balaban J connectivity index is 2.49. The second-order valence-corrected chi connectivity index (χ2v) is 7.53. The van der Waals surface area contributed by atoms with Crippen LogP contribution in [0.2, 0.25) is 0 Å². The number of benzene rings is 2. The van der Waals surface area contributed by atoms with E-state index in [0.717, 1.165) is 17.7 Å². The van der Waals surface area contributed by atoms with Crippen LogP contribution in [0.25, 0.3) is 0 Å². The molecule has 0 saturated heterocycles. The van der Waals surface area contributed by atoms with Gasteiger partial charge in [0.05, 0.1) is 22.1 Å². The van der Waals surface area contributed by atoms with Crippen LogP contribution in [0.4, 0.5) is 13.2 Å². The molecule has 0 aliphatic rings. The van der Waals surface area contributed by atoms with Crippen molar-refractivity contribution in [2.24, 2.45) is 0 Å². The highest BCUT2D eigenvalue weighted by Gasteiger charge is 2.33. The normalized spacial score (nSPS) is 13.2. The average Bonchev–Trinajstić information content (AvgIpc) is 2.59. The molecule has 144 valence electrons. The summed E-state index contributed by atoms with van der Waals surface area (Å²) in [7, 11) is -4.21. The molecule has 2 rings (SSSR count). The number of halogens is 3. The number of nitrogens with one attached hydrogen (secondary N) is 1. The lowest BCUT2D eigenvalue weighted by atomic mass is 9.99. The van der Waals surface area contributed by atoms with Crippen LogP contribution in [-0.4, -0.2) is 19.5 Å². The summed E-state index contributed by atoms with van der Waals surface area (Å²) in [4.78, 5) is 11.2. The summed E-state index contributed by atoms with van der Waals surface area (Å²) in [5.74, 6) is -1.54. The van der Waals surface area contributed by atoms with Gasteiger partial charge in [0.15, 0.2) is 0 Å². The molecule has 27 heavy (non-hydrogen) atoms. The molecular formula is C18H16F3NO4S. The van der Waals surface area contributed by atoms with E-state index in [1.54, 1.807) is 19.1 Å². The fourth-order valence-corrected chi connectivity index (χ4v) is 3.52. The second kappa shape index (κ2) is 7.53. The first-order chi connectivity index (χ1) is 12.4. The molecule has 0 spiro atoms. The van der Waals surface area contributed by atoms with Crippen LogP contribution in [0, 0.1) is 6.92 Å². The van der Waals surface area contributed by atoms with Crippen LogP contribution in [0.15, 0.2) is 65.6 Å². The summed E-state index contributed by atoms with van der Waals surface area (Å²) < 4.78 is 66.1. The second-order valence-electron chi connectivity index (χ2n) is 5.82. The third-order valence-corrected chi connectivity index (χ3v) is 5.21. The molecule has 0 fully saturated rings. The van der Waals surface area contributed by atoms with Crippen molar-refractivity contribution in [3.8, 4) is 0 Å². The van der Waals surface area contributed by atoms with Crippen LogP contribution in [0.1, 0.15) is 22.7 Å². The maximum atomic E-state index is 13.0. The number of hydrogen-bond acceptors (Lipinski definition) is 3. The first-order valence-electron chi connectivity index (χ1n) is 7.60. The molecule has 2 aromatic rings. The molecule has 2 N–H and O–H groups in total. The van der Waals surface area contributed by atoms with Crippen molar-refractivity contribution in [3.05, 3.63) is 77.4 Å². The molecule has 5 nitrogen and oxygen atoms in total. The first kappa shape index (κ1) is 20.7. The molecule has 0 radical (unpaired) electrons. The average molecular weight is 399 g/mol. The van der Waals surface area contributed by atoms with Crippen molar-refractivity contribution < 1.29 is 31.5 Å². The number of carboxylic acid groups (broad SMARTS) is 1. The third kappa shape index (κ3) is 4.95. The Hall–Kier alpha value is -2.65. The lowest BCUT2D eigenvalue weighted by molar-refractivity contribution is -0.137. The highest BCUT2D eigenvalue weighted by molar-refractivity contribution is 7.89. The molecular weight excluding hydrogens is 383 g/mol. The molecule has 0 aliphatic heterocycles. The number of sulfonamides is 1. The van der Waals surface area contributed by atoms with Crippen LogP contribution in [-0.2, 0) is 21.0 Å². The third-order valence-electron chi connectivity index (χ3n) is 3.77. The molecule has 0 saturated carbocycles. The number of carbonyl (C=O) groups is 1. The van der Waals surface area contributed by atoms with E-state index in [9.17, 15) is 31.5 Å². The number of rotatable bonds is 6. The summed E-state index contributed by atoms with van der Waals surface area (Å²) in [6.45, 7) is 5.06. The molecule has 2 aromatic carbocycles. The predicted octanol–water partition coefficient (Wildman–Crippen LogP) is 3.67. The lowest BCUT2D eigenvalue weighted by Gasteiger charge is -2.20. The number of aliphatic carboxylic acids is 1. The molecule has 0 heterocycles. The van der Waals surface area contributed by atoms with Crippen molar-refractivity contribution in [3.63, 3.8) is 0 Å². The van der Waals surface area contributed by atoms with Gasteiger partial charge >= 0.3 is 12.1 Å². The van der Waals surface area contributed by atoms with Gasteiger partial charge in [-0.25, -0.2) is 13.2 Å². The minimum absolute atomic E-state index is 0.150. The van der Waals surface area contributed by atoms with E-state index in [2.05, 4.69) is 11.3 Å². The Labute approximate surface area is 154 Å². The molecule has 9 heteroatoms. The molecule has 1 atom stereocenters. The van der Waals surface area contributed by atoms with Crippen LogP contribution in [0.3, 0.4) is 0 Å². The molecule has 0 aliphatic carbocycles. The maximum absolute atomic E-state index is 13.0. The summed E-state index contributed by atoms with van der Waals surface area (Å²) in [6.07, 6.45) is -4.67. The van der Waals surface area contributed by atoms with Gasteiger partial charge in [-0.3, -0.25) is 0 Å². The van der Waals surface area contributed by atoms with Gasteiger partial charge in [0, 0.05) is 0 Å². The molecule has 0 bridgehead atoms. The van der Waals surface area contributed by atoms with E-state index >= 15 is 0 Å². The van der Waals surface area contributed by atoms with Crippen LogP contribution < -0.4 is 4.72 Å². The van der Waals surface area contributed by atoms with E-state index in [0.29, 0.717) is 6.07 Å². The van der Waals surface area contributed by atoms with E-state index in [1.807, 2.05) is 0 Å². The Morgan fingerprint density at radius 3 is 2.26 bits per heavy atom. The van der Waals surface area contributed by atoms with Gasteiger partial charge in [0.1, 0.15) is 0 Å². The van der Waals surface area contributed by atoms with Crippen LogP contribution >= 0.6 is 0 Å². The largest absolute Gasteiger partial charge is 0.478 e. The molecule has 1 unspecified atom stereocenters. The number of alkyl halides is 3. The highest BCUT2D eigenvalue weighted by atomic mass is 32.2. The quantitative estimate of drug-likeness (QED) is 0.726. The van der Waals surface area contributed by atoms with Crippen LogP contribution in [0.5, 0.6) is 0 Å². The Kier molecular flexibility index (Phi) is 5.76. The molecule has 0 aromatic heterocycles. The topological polar surface area (TPSA) is 83.5 Å². The zero-order chi connectivity index (χ0) is 20.4. The van der Waals surface area contributed by atoms with Crippen molar-refractivity contribution in [1.82, 2.24) is 4.72 Å². The first-order valence-corrected chi connectivity index (χ1v) is 9.08. The minimum atomic E-state index is -4.67. The maximum Gasteiger partial charge on any atom is 0.416 e. The lowest BCUT2D eigenvalue weighted by Crippen LogP contribution is -2.32. The molecule has 0 amide bonds. The van der Waals surface area contributed by atoms with E-state index in [-0.39, 0.29) is 10.5 Å². The van der Waals surface area contributed by atoms with E-state index in [4.69, 9.17) is 0 Å². The van der Waals surface area contributed by atoms with Gasteiger partial charge in [-0.1, -0.05) is 36.4 Å². The van der Waals surface area contributed by atoms with E-state index < -0.39 is 39.3 Å². The zero-order valence-electron chi connectivity index (χ0n) is 14.1. The monoisotopic (exact) mass is 399 g/mol. The van der Waals surface area contributed by atoms with E-state index in [1.165, 1.54) is 18.2 Å². The van der Waals surface area contributed by atoms with Gasteiger partial charge in [-0.05, 0) is 36.8 Å².